The van der Waals surface area contributed by atoms with Gasteiger partial charge in [0.05, 0.1) is 17.4 Å². The number of hydrogen-bond acceptors (Lipinski definition) is 6. The van der Waals surface area contributed by atoms with Crippen molar-refractivity contribution in [2.75, 3.05) is 5.75 Å². The lowest BCUT2D eigenvalue weighted by atomic mass is 10.2. The first kappa shape index (κ1) is 11.3. The van der Waals surface area contributed by atoms with Crippen LogP contribution >= 0.6 is 0 Å². The van der Waals surface area contributed by atoms with Crippen LogP contribution in [0.4, 0.5) is 0 Å². The summed E-state index contributed by atoms with van der Waals surface area (Å²) in [4.78, 5) is 14.2. The quantitative estimate of drug-likeness (QED) is 0.689. The van der Waals surface area contributed by atoms with E-state index in [1.807, 2.05) is 0 Å². The summed E-state index contributed by atoms with van der Waals surface area (Å²) >= 11 is 0. The second-order valence-corrected chi connectivity index (χ2v) is 6.21. The summed E-state index contributed by atoms with van der Waals surface area (Å²) in [5.74, 6) is 0.847. The van der Waals surface area contributed by atoms with Gasteiger partial charge in [-0.05, 0) is 12.8 Å². The molecular formula is C9H12N2O4S. The van der Waals surface area contributed by atoms with Crippen LogP contribution in [0, 0.1) is 0 Å². The highest BCUT2D eigenvalue weighted by Crippen LogP contribution is 2.22. The number of hydrogen-bond donors (Lipinski definition) is 0. The van der Waals surface area contributed by atoms with Gasteiger partial charge in [-0.15, -0.1) is 0 Å². The lowest BCUT2D eigenvalue weighted by molar-refractivity contribution is -0.107. The van der Waals surface area contributed by atoms with Crippen molar-refractivity contribution < 1.29 is 17.7 Å². The Hall–Kier alpha value is -1.24. The maximum atomic E-state index is 11.6. The maximum absolute atomic E-state index is 11.6. The monoisotopic (exact) mass is 244 g/mol. The van der Waals surface area contributed by atoms with Crippen LogP contribution in [0.15, 0.2) is 4.52 Å². The Morgan fingerprint density at radius 1 is 1.50 bits per heavy atom. The molecule has 0 bridgehead atoms. The molecule has 16 heavy (non-hydrogen) atoms. The zero-order valence-electron chi connectivity index (χ0n) is 8.63. The summed E-state index contributed by atoms with van der Waals surface area (Å²) < 4.78 is 28.0. The number of carbonyl (C=O) groups is 1. The third kappa shape index (κ3) is 2.29. The fraction of sp³-hybridized carbons (Fsp3) is 0.667. The third-order valence-corrected chi connectivity index (χ3v) is 4.92. The van der Waals surface area contributed by atoms with Crippen molar-refractivity contribution in [2.24, 2.45) is 0 Å². The molecule has 1 unspecified atom stereocenters. The van der Waals surface area contributed by atoms with Crippen LogP contribution in [0.5, 0.6) is 0 Å². The molecule has 1 aliphatic rings. The van der Waals surface area contributed by atoms with Crippen LogP contribution in [0.25, 0.3) is 0 Å². The van der Waals surface area contributed by atoms with E-state index in [0.717, 1.165) is 0 Å². The van der Waals surface area contributed by atoms with Gasteiger partial charge < -0.3 is 9.32 Å². The molecule has 0 N–H and O–H groups in total. The molecule has 0 radical (unpaired) electrons. The van der Waals surface area contributed by atoms with Gasteiger partial charge in [0.2, 0.25) is 5.89 Å². The van der Waals surface area contributed by atoms with Gasteiger partial charge >= 0.3 is 0 Å². The molecule has 0 amide bonds. The molecule has 7 heteroatoms. The molecule has 1 saturated heterocycles. The fourth-order valence-electron chi connectivity index (χ4n) is 1.81. The molecule has 2 heterocycles. The summed E-state index contributed by atoms with van der Waals surface area (Å²) in [6.45, 7) is 0. The summed E-state index contributed by atoms with van der Waals surface area (Å²) in [5.41, 5.74) is 0. The van der Waals surface area contributed by atoms with Crippen molar-refractivity contribution in [1.82, 2.24) is 10.1 Å². The molecule has 6 nitrogen and oxygen atoms in total. The first-order valence-electron chi connectivity index (χ1n) is 5.08. The molecule has 1 aromatic rings. The number of rotatable bonds is 4. The average molecular weight is 244 g/mol. The first-order chi connectivity index (χ1) is 7.62. The van der Waals surface area contributed by atoms with Crippen LogP contribution in [-0.2, 0) is 27.5 Å². The largest absolute Gasteiger partial charge is 0.339 e. The van der Waals surface area contributed by atoms with E-state index < -0.39 is 15.1 Å². The van der Waals surface area contributed by atoms with E-state index in [4.69, 9.17) is 4.52 Å². The van der Waals surface area contributed by atoms with Crippen LogP contribution < -0.4 is 0 Å². The van der Waals surface area contributed by atoms with Crippen molar-refractivity contribution in [3.8, 4) is 0 Å². The molecular weight excluding hydrogens is 232 g/mol. The summed E-state index contributed by atoms with van der Waals surface area (Å²) in [6, 6.07) is 0. The second-order valence-electron chi connectivity index (χ2n) is 3.81. The van der Waals surface area contributed by atoms with E-state index >= 15 is 0 Å². The van der Waals surface area contributed by atoms with Crippen molar-refractivity contribution >= 4 is 16.1 Å². The molecule has 1 fully saturated rings. The van der Waals surface area contributed by atoms with Crippen LogP contribution in [-0.4, -0.2) is 35.8 Å². The Morgan fingerprint density at radius 3 is 2.94 bits per heavy atom. The van der Waals surface area contributed by atoms with Gasteiger partial charge in [-0.3, -0.25) is 0 Å². The first-order valence-corrected chi connectivity index (χ1v) is 6.80. The number of aromatic nitrogens is 2. The highest BCUT2D eigenvalue weighted by Gasteiger charge is 2.32. The van der Waals surface area contributed by atoms with Crippen molar-refractivity contribution in [3.05, 3.63) is 11.7 Å². The number of nitrogens with zero attached hydrogens (tertiary/aromatic N) is 2. The Balaban J connectivity index is 2.06. The number of carbonyl (C=O) groups excluding carboxylic acids is 1. The SMILES string of the molecule is O=CCc1noc(CC2CCCS2(=O)=O)n1. The minimum atomic E-state index is -2.99. The zero-order chi connectivity index (χ0) is 11.6. The minimum Gasteiger partial charge on any atom is -0.339 e. The maximum Gasteiger partial charge on any atom is 0.227 e. The van der Waals surface area contributed by atoms with Gasteiger partial charge in [0.1, 0.15) is 6.29 Å². The van der Waals surface area contributed by atoms with Crippen LogP contribution in [0.2, 0.25) is 0 Å². The number of aldehydes is 1. The molecule has 1 aliphatic heterocycles. The molecule has 0 saturated carbocycles. The van der Waals surface area contributed by atoms with Crippen LogP contribution in [0.1, 0.15) is 24.6 Å². The molecule has 1 atom stereocenters. The van der Waals surface area contributed by atoms with E-state index in [1.165, 1.54) is 0 Å². The lowest BCUT2D eigenvalue weighted by Crippen LogP contribution is -2.18. The average Bonchev–Trinajstić information content (AvgIpc) is 2.76. The Morgan fingerprint density at radius 2 is 2.31 bits per heavy atom. The standard InChI is InChI=1S/C9H12N2O4S/c12-4-3-8-10-9(15-11-8)6-7-2-1-5-16(7,13)14/h4,7H,1-3,5-6H2. The smallest absolute Gasteiger partial charge is 0.227 e. The summed E-state index contributed by atoms with van der Waals surface area (Å²) in [5, 5.41) is 3.18. The van der Waals surface area contributed by atoms with E-state index in [9.17, 15) is 13.2 Å². The minimum absolute atomic E-state index is 0.0981. The van der Waals surface area contributed by atoms with E-state index in [0.29, 0.717) is 30.8 Å². The molecule has 88 valence electrons. The molecule has 2 rings (SSSR count). The molecule has 0 aromatic carbocycles. The topological polar surface area (TPSA) is 90.1 Å². The van der Waals surface area contributed by atoms with Crippen molar-refractivity contribution in [2.45, 2.75) is 30.9 Å². The molecule has 1 aromatic heterocycles. The highest BCUT2D eigenvalue weighted by atomic mass is 32.2. The van der Waals surface area contributed by atoms with Crippen molar-refractivity contribution in [1.29, 1.82) is 0 Å². The van der Waals surface area contributed by atoms with Crippen molar-refractivity contribution in [3.63, 3.8) is 0 Å². The summed E-state index contributed by atoms with van der Waals surface area (Å²) in [7, 11) is -2.99. The third-order valence-electron chi connectivity index (χ3n) is 2.64. The van der Waals surface area contributed by atoms with Gasteiger partial charge in [-0.2, -0.15) is 4.98 Å². The zero-order valence-corrected chi connectivity index (χ0v) is 9.44. The Labute approximate surface area is 93.0 Å². The fourth-order valence-corrected chi connectivity index (χ4v) is 3.64. The van der Waals surface area contributed by atoms with Gasteiger partial charge in [-0.25, -0.2) is 8.42 Å². The number of sulfone groups is 1. The van der Waals surface area contributed by atoms with Gasteiger partial charge in [0, 0.05) is 6.42 Å². The predicted octanol–water partition coefficient (Wildman–Crippen LogP) is -0.0693. The van der Waals surface area contributed by atoms with Gasteiger partial charge in [-0.1, -0.05) is 5.16 Å². The summed E-state index contributed by atoms with van der Waals surface area (Å²) in [6.07, 6.45) is 2.38. The highest BCUT2D eigenvalue weighted by molar-refractivity contribution is 7.92. The Kier molecular flexibility index (Phi) is 3.04. The van der Waals surface area contributed by atoms with Crippen LogP contribution in [0.3, 0.4) is 0 Å². The molecule has 0 aliphatic carbocycles. The predicted molar refractivity (Wildman–Crippen MR) is 54.6 cm³/mol. The lowest BCUT2D eigenvalue weighted by Gasteiger charge is -2.04. The van der Waals surface area contributed by atoms with E-state index in [2.05, 4.69) is 10.1 Å². The molecule has 0 spiro atoms. The van der Waals surface area contributed by atoms with Gasteiger partial charge in [0.25, 0.3) is 0 Å². The van der Waals surface area contributed by atoms with Gasteiger partial charge in [0.15, 0.2) is 15.7 Å². The second kappa shape index (κ2) is 4.32. The van der Waals surface area contributed by atoms with E-state index in [1.54, 1.807) is 0 Å². The normalized spacial score (nSPS) is 23.4. The Bertz CT molecular complexity index is 479. The van der Waals surface area contributed by atoms with E-state index in [-0.39, 0.29) is 18.6 Å².